The van der Waals surface area contributed by atoms with Crippen molar-refractivity contribution in [2.45, 2.75) is 36.1 Å². The Morgan fingerprint density at radius 2 is 1.72 bits per heavy atom. The molecule has 3 heterocycles. The average molecular weight is 412 g/mol. The van der Waals surface area contributed by atoms with Gasteiger partial charge >= 0.3 is 11.9 Å². The fourth-order valence-electron chi connectivity index (χ4n) is 4.06. The number of esters is 2. The van der Waals surface area contributed by atoms with Crippen LogP contribution in [-0.2, 0) is 19.1 Å². The molecule has 150 valence electrons. The summed E-state index contributed by atoms with van der Waals surface area (Å²) in [4.78, 5) is 24.0. The summed E-state index contributed by atoms with van der Waals surface area (Å²) in [5.74, 6) is 1.35. The van der Waals surface area contributed by atoms with Crippen molar-refractivity contribution in [3.05, 3.63) is 54.1 Å². The van der Waals surface area contributed by atoms with Crippen molar-refractivity contribution in [3.8, 4) is 17.2 Å². The quantitative estimate of drug-likeness (QED) is 0.673. The first-order valence-corrected chi connectivity index (χ1v) is 10.5. The molecule has 7 heteroatoms. The Kier molecular flexibility index (Phi) is 4.62. The normalized spacial score (nSPS) is 28.9. The zero-order chi connectivity index (χ0) is 20.0. The molecule has 3 fully saturated rings. The van der Waals surface area contributed by atoms with Gasteiger partial charge in [0.25, 0.3) is 0 Å². The predicted molar refractivity (Wildman–Crippen MR) is 106 cm³/mol. The van der Waals surface area contributed by atoms with Crippen molar-refractivity contribution >= 4 is 23.7 Å². The molecule has 0 N–H and O–H groups in total. The topological polar surface area (TPSA) is 71.1 Å². The van der Waals surface area contributed by atoms with Crippen LogP contribution in [0.1, 0.15) is 12.0 Å². The van der Waals surface area contributed by atoms with Gasteiger partial charge in [0.1, 0.15) is 17.2 Å². The minimum atomic E-state index is -0.456. The van der Waals surface area contributed by atoms with Crippen LogP contribution in [0.2, 0.25) is 0 Å². The number of carbonyl (C=O) groups is 2. The first kappa shape index (κ1) is 18.4. The van der Waals surface area contributed by atoms with E-state index in [9.17, 15) is 9.59 Å². The van der Waals surface area contributed by atoms with Gasteiger partial charge in [-0.3, -0.25) is 4.79 Å². The Morgan fingerprint density at radius 3 is 2.45 bits per heavy atom. The van der Waals surface area contributed by atoms with E-state index in [1.165, 1.54) is 5.56 Å². The number of aryl methyl sites for hydroxylation is 1. The smallest absolute Gasteiger partial charge is 0.344 e. The molecule has 2 aromatic rings. The number of carbonyl (C=O) groups excluding carboxylic acids is 2. The summed E-state index contributed by atoms with van der Waals surface area (Å²) < 4.78 is 22.3. The fourth-order valence-corrected chi connectivity index (χ4v) is 5.92. The Hall–Kier alpha value is -2.67. The molecule has 0 radical (unpaired) electrons. The SMILES string of the molecule is Cc1ccc(Oc2ccc(OCC(=O)OC3C4CC5C(=O)OC3C5S4)cc2)cc1. The van der Waals surface area contributed by atoms with Gasteiger partial charge in [-0.1, -0.05) is 17.7 Å². The molecule has 0 spiro atoms. The standard InChI is InChI=1S/C22H20O6S/c1-12-2-4-14(5-3-12)26-15-8-6-13(7-9-15)25-11-18(23)27-19-17-10-16-21(29-17)20(19)28-22(16)24/h2-9,16-17,19-21H,10-11H2,1H3. The van der Waals surface area contributed by atoms with E-state index < -0.39 is 5.97 Å². The molecule has 2 bridgehead atoms. The molecule has 0 saturated carbocycles. The second kappa shape index (κ2) is 7.30. The summed E-state index contributed by atoms with van der Waals surface area (Å²) in [5, 5.41) is 0.274. The zero-order valence-corrected chi connectivity index (χ0v) is 16.6. The second-order valence-electron chi connectivity index (χ2n) is 7.51. The lowest BCUT2D eigenvalue weighted by molar-refractivity contribution is -0.161. The number of ether oxygens (including phenoxy) is 4. The van der Waals surface area contributed by atoms with Gasteiger partial charge in [0.15, 0.2) is 18.8 Å². The van der Waals surface area contributed by atoms with Crippen LogP contribution in [0, 0.1) is 12.8 Å². The van der Waals surface area contributed by atoms with Crippen LogP contribution in [0.3, 0.4) is 0 Å². The lowest BCUT2D eigenvalue weighted by atomic mass is 9.88. The highest BCUT2D eigenvalue weighted by atomic mass is 32.2. The minimum absolute atomic E-state index is 0.0261. The van der Waals surface area contributed by atoms with Gasteiger partial charge in [0.05, 0.1) is 11.2 Å². The van der Waals surface area contributed by atoms with E-state index >= 15 is 0 Å². The number of hydrogen-bond donors (Lipinski definition) is 0. The third kappa shape index (κ3) is 3.55. The molecule has 29 heavy (non-hydrogen) atoms. The van der Waals surface area contributed by atoms with E-state index in [0.29, 0.717) is 11.5 Å². The predicted octanol–water partition coefficient (Wildman–Crippen LogP) is 3.51. The monoisotopic (exact) mass is 412 g/mol. The van der Waals surface area contributed by atoms with Crippen molar-refractivity contribution in [1.29, 1.82) is 0 Å². The number of fused-ring (bicyclic) bond motifs is 1. The Balaban J connectivity index is 1.12. The van der Waals surface area contributed by atoms with Crippen molar-refractivity contribution < 1.29 is 28.5 Å². The molecule has 5 atom stereocenters. The largest absolute Gasteiger partial charge is 0.482 e. The number of thioether (sulfide) groups is 1. The molecule has 3 aliphatic heterocycles. The third-order valence-corrected chi connectivity index (χ3v) is 7.21. The Bertz CT molecular complexity index is 925. The van der Waals surface area contributed by atoms with Crippen molar-refractivity contribution in [2.75, 3.05) is 6.61 Å². The highest BCUT2D eigenvalue weighted by Crippen LogP contribution is 2.55. The van der Waals surface area contributed by atoms with Gasteiger partial charge in [-0.25, -0.2) is 4.79 Å². The van der Waals surface area contributed by atoms with Gasteiger partial charge in [0, 0.05) is 5.25 Å². The summed E-state index contributed by atoms with van der Waals surface area (Å²) in [6.07, 6.45) is 0.0545. The van der Waals surface area contributed by atoms with Gasteiger partial charge in [-0.2, -0.15) is 0 Å². The maximum Gasteiger partial charge on any atom is 0.344 e. The zero-order valence-electron chi connectivity index (χ0n) is 15.8. The maximum absolute atomic E-state index is 12.2. The van der Waals surface area contributed by atoms with Crippen LogP contribution in [0.4, 0.5) is 0 Å². The summed E-state index contributed by atoms with van der Waals surface area (Å²) in [7, 11) is 0. The summed E-state index contributed by atoms with van der Waals surface area (Å²) in [5.41, 5.74) is 1.17. The van der Waals surface area contributed by atoms with Crippen LogP contribution in [0.5, 0.6) is 17.2 Å². The second-order valence-corrected chi connectivity index (χ2v) is 8.93. The molecule has 0 amide bonds. The minimum Gasteiger partial charge on any atom is -0.482 e. The van der Waals surface area contributed by atoms with E-state index in [2.05, 4.69) is 0 Å². The first-order chi connectivity index (χ1) is 14.1. The van der Waals surface area contributed by atoms with E-state index in [1.54, 1.807) is 36.0 Å². The number of benzene rings is 2. The molecule has 3 aliphatic rings. The van der Waals surface area contributed by atoms with Crippen molar-refractivity contribution in [1.82, 2.24) is 0 Å². The number of rotatable bonds is 6. The van der Waals surface area contributed by atoms with E-state index in [-0.39, 0.29) is 41.2 Å². The fraction of sp³-hybridized carbons (Fsp3) is 0.364. The Labute approximate surface area is 172 Å². The van der Waals surface area contributed by atoms with Gasteiger partial charge in [0.2, 0.25) is 0 Å². The highest BCUT2D eigenvalue weighted by Gasteiger charge is 2.64. The maximum atomic E-state index is 12.2. The molecule has 5 unspecified atom stereocenters. The summed E-state index contributed by atoms with van der Waals surface area (Å²) >= 11 is 1.70. The summed E-state index contributed by atoms with van der Waals surface area (Å²) in [6, 6.07) is 14.8. The van der Waals surface area contributed by atoms with E-state index in [4.69, 9.17) is 18.9 Å². The van der Waals surface area contributed by atoms with Gasteiger partial charge in [-0.05, 0) is 49.7 Å². The van der Waals surface area contributed by atoms with E-state index in [1.807, 2.05) is 31.2 Å². The van der Waals surface area contributed by atoms with Crippen LogP contribution < -0.4 is 9.47 Å². The molecular formula is C22H20O6S. The molecule has 3 saturated heterocycles. The van der Waals surface area contributed by atoms with Crippen molar-refractivity contribution in [2.24, 2.45) is 5.92 Å². The lowest BCUT2D eigenvalue weighted by Crippen LogP contribution is -2.40. The van der Waals surface area contributed by atoms with Crippen LogP contribution in [-0.4, -0.2) is 41.3 Å². The highest BCUT2D eigenvalue weighted by molar-refractivity contribution is 8.01. The molecular weight excluding hydrogens is 392 g/mol. The lowest BCUT2D eigenvalue weighted by Gasteiger charge is -2.23. The Morgan fingerprint density at radius 1 is 1.07 bits per heavy atom. The first-order valence-electron chi connectivity index (χ1n) is 9.60. The molecule has 0 aromatic heterocycles. The van der Waals surface area contributed by atoms with Gasteiger partial charge in [-0.15, -0.1) is 11.8 Å². The van der Waals surface area contributed by atoms with Crippen LogP contribution in [0.25, 0.3) is 0 Å². The van der Waals surface area contributed by atoms with Crippen LogP contribution >= 0.6 is 11.8 Å². The van der Waals surface area contributed by atoms with Gasteiger partial charge < -0.3 is 18.9 Å². The van der Waals surface area contributed by atoms with E-state index in [0.717, 1.165) is 12.2 Å². The molecule has 6 nitrogen and oxygen atoms in total. The average Bonchev–Trinajstić information content (AvgIpc) is 3.34. The molecule has 2 aromatic carbocycles. The number of hydrogen-bond acceptors (Lipinski definition) is 7. The van der Waals surface area contributed by atoms with Crippen LogP contribution in [0.15, 0.2) is 48.5 Å². The third-order valence-electron chi connectivity index (χ3n) is 5.49. The molecule has 5 rings (SSSR count). The van der Waals surface area contributed by atoms with Crippen molar-refractivity contribution in [3.63, 3.8) is 0 Å². The molecule has 0 aliphatic carbocycles. The summed E-state index contributed by atoms with van der Waals surface area (Å²) in [6.45, 7) is 1.83.